The van der Waals surface area contributed by atoms with E-state index in [1.54, 1.807) is 6.20 Å². The van der Waals surface area contributed by atoms with Crippen molar-refractivity contribution >= 4 is 29.1 Å². The highest BCUT2D eigenvalue weighted by Gasteiger charge is 2.36. The molecule has 4 rings (SSSR count). The van der Waals surface area contributed by atoms with Crippen LogP contribution in [0.3, 0.4) is 0 Å². The minimum Gasteiger partial charge on any atom is -0.369 e. The predicted molar refractivity (Wildman–Crippen MR) is 111 cm³/mol. The van der Waals surface area contributed by atoms with Crippen LogP contribution in [0.4, 0.5) is 17.3 Å². The van der Waals surface area contributed by atoms with Crippen molar-refractivity contribution in [3.05, 3.63) is 41.7 Å². The number of aromatic nitrogens is 2. The molecule has 2 aromatic rings. The summed E-state index contributed by atoms with van der Waals surface area (Å²) in [4.78, 5) is 34.4. The molecule has 1 aromatic heterocycles. The molecule has 8 heteroatoms. The molecule has 1 saturated heterocycles. The van der Waals surface area contributed by atoms with E-state index in [2.05, 4.69) is 20.2 Å². The first-order valence-corrected chi connectivity index (χ1v) is 10.1. The Morgan fingerprint density at radius 3 is 2.34 bits per heavy atom. The molecule has 0 spiro atoms. The smallest absolute Gasteiger partial charge is 0.271 e. The van der Waals surface area contributed by atoms with Crippen LogP contribution in [0.1, 0.15) is 54.1 Å². The molecular formula is C21H26N6O2. The Labute approximate surface area is 169 Å². The van der Waals surface area contributed by atoms with Gasteiger partial charge in [-0.15, -0.1) is 0 Å². The van der Waals surface area contributed by atoms with Gasteiger partial charge < -0.3 is 21.7 Å². The van der Waals surface area contributed by atoms with E-state index in [1.807, 2.05) is 24.3 Å². The molecule has 2 heterocycles. The van der Waals surface area contributed by atoms with Gasteiger partial charge in [0.1, 0.15) is 5.82 Å². The molecule has 5 N–H and O–H groups in total. The SMILES string of the molecule is NC(=O)c1ncc(N2CCCCC2)nc1Nc1ccc(C2CCC2C(N)=O)cc1. The van der Waals surface area contributed by atoms with Crippen LogP contribution in [0.5, 0.6) is 0 Å². The van der Waals surface area contributed by atoms with E-state index in [0.29, 0.717) is 5.82 Å². The summed E-state index contributed by atoms with van der Waals surface area (Å²) in [6, 6.07) is 7.78. The number of hydrogen-bond donors (Lipinski definition) is 3. The first kappa shape index (κ1) is 19.2. The van der Waals surface area contributed by atoms with Crippen molar-refractivity contribution in [2.24, 2.45) is 17.4 Å². The normalized spacial score (nSPS) is 21.3. The molecule has 1 saturated carbocycles. The molecule has 1 aliphatic heterocycles. The fourth-order valence-corrected chi connectivity index (χ4v) is 4.11. The summed E-state index contributed by atoms with van der Waals surface area (Å²) in [7, 11) is 0. The van der Waals surface area contributed by atoms with Crippen LogP contribution in [0.2, 0.25) is 0 Å². The predicted octanol–water partition coefficient (Wildman–Crippen LogP) is 2.29. The van der Waals surface area contributed by atoms with Crippen molar-refractivity contribution in [3.8, 4) is 0 Å². The monoisotopic (exact) mass is 394 g/mol. The van der Waals surface area contributed by atoms with Gasteiger partial charge in [-0.3, -0.25) is 9.59 Å². The molecule has 0 radical (unpaired) electrons. The zero-order valence-electron chi connectivity index (χ0n) is 16.3. The van der Waals surface area contributed by atoms with E-state index in [0.717, 1.165) is 55.8 Å². The summed E-state index contributed by atoms with van der Waals surface area (Å²) in [5.41, 5.74) is 12.9. The first-order valence-electron chi connectivity index (χ1n) is 10.1. The Morgan fingerprint density at radius 2 is 1.76 bits per heavy atom. The molecular weight excluding hydrogens is 368 g/mol. The first-order chi connectivity index (χ1) is 14.0. The van der Waals surface area contributed by atoms with Crippen molar-refractivity contribution in [3.63, 3.8) is 0 Å². The summed E-state index contributed by atoms with van der Waals surface area (Å²) in [6.45, 7) is 1.86. The topological polar surface area (TPSA) is 127 Å². The highest BCUT2D eigenvalue weighted by Crippen LogP contribution is 2.42. The Hall–Kier alpha value is -3.16. The molecule has 2 unspecified atom stereocenters. The number of nitrogens with zero attached hydrogens (tertiary/aromatic N) is 3. The van der Waals surface area contributed by atoms with Crippen molar-refractivity contribution in [2.45, 2.75) is 38.0 Å². The molecule has 0 bridgehead atoms. The van der Waals surface area contributed by atoms with E-state index >= 15 is 0 Å². The molecule has 2 fully saturated rings. The fourth-order valence-electron chi connectivity index (χ4n) is 4.11. The molecule has 1 aliphatic carbocycles. The van der Waals surface area contributed by atoms with E-state index < -0.39 is 5.91 Å². The molecule has 8 nitrogen and oxygen atoms in total. The Kier molecular flexibility index (Phi) is 5.33. The van der Waals surface area contributed by atoms with Crippen LogP contribution in [-0.2, 0) is 4.79 Å². The number of anilines is 3. The number of nitrogens with two attached hydrogens (primary N) is 2. The van der Waals surface area contributed by atoms with E-state index in [9.17, 15) is 9.59 Å². The summed E-state index contributed by atoms with van der Waals surface area (Å²) >= 11 is 0. The average molecular weight is 394 g/mol. The van der Waals surface area contributed by atoms with Crippen LogP contribution < -0.4 is 21.7 Å². The van der Waals surface area contributed by atoms with Gasteiger partial charge in [-0.25, -0.2) is 9.97 Å². The third-order valence-corrected chi connectivity index (χ3v) is 5.91. The highest BCUT2D eigenvalue weighted by molar-refractivity contribution is 5.96. The van der Waals surface area contributed by atoms with E-state index in [4.69, 9.17) is 11.5 Å². The molecule has 2 amide bonds. The van der Waals surface area contributed by atoms with Crippen molar-refractivity contribution < 1.29 is 9.59 Å². The number of hydrogen-bond acceptors (Lipinski definition) is 6. The second-order valence-corrected chi connectivity index (χ2v) is 7.78. The summed E-state index contributed by atoms with van der Waals surface area (Å²) in [5.74, 6) is 0.340. The Bertz CT molecular complexity index is 908. The van der Waals surface area contributed by atoms with E-state index in [1.165, 1.54) is 6.42 Å². The van der Waals surface area contributed by atoms with Crippen LogP contribution >= 0.6 is 0 Å². The standard InChI is InChI=1S/C21H26N6O2/c22-19(28)16-9-8-15(16)13-4-6-14(7-5-13)25-21-18(20(23)29)24-12-17(26-21)27-10-2-1-3-11-27/h4-7,12,15-16H,1-3,8-11H2,(H2,22,28)(H2,23,29)(H,25,26). The Balaban J connectivity index is 1.54. The molecule has 1 aromatic carbocycles. The summed E-state index contributed by atoms with van der Waals surface area (Å²) in [6.07, 6.45) is 6.89. The summed E-state index contributed by atoms with van der Waals surface area (Å²) in [5, 5.41) is 3.18. The van der Waals surface area contributed by atoms with Gasteiger partial charge in [0.2, 0.25) is 5.91 Å². The second-order valence-electron chi connectivity index (χ2n) is 7.78. The Morgan fingerprint density at radius 1 is 1.03 bits per heavy atom. The lowest BCUT2D eigenvalue weighted by Crippen LogP contribution is -2.35. The number of nitrogens with one attached hydrogen (secondary N) is 1. The van der Waals surface area contributed by atoms with Crippen molar-refractivity contribution in [2.75, 3.05) is 23.3 Å². The average Bonchev–Trinajstić information content (AvgIpc) is 2.68. The lowest BCUT2D eigenvalue weighted by atomic mass is 9.69. The minimum atomic E-state index is -0.624. The van der Waals surface area contributed by atoms with Crippen LogP contribution in [0.15, 0.2) is 30.5 Å². The molecule has 29 heavy (non-hydrogen) atoms. The lowest BCUT2D eigenvalue weighted by molar-refractivity contribution is -0.125. The van der Waals surface area contributed by atoms with Crippen molar-refractivity contribution in [1.82, 2.24) is 9.97 Å². The van der Waals surface area contributed by atoms with Crippen molar-refractivity contribution in [1.29, 1.82) is 0 Å². The maximum absolute atomic E-state index is 11.8. The second kappa shape index (κ2) is 8.06. The van der Waals surface area contributed by atoms with Gasteiger partial charge in [-0.05, 0) is 55.7 Å². The number of piperidine rings is 1. The molecule has 152 valence electrons. The van der Waals surface area contributed by atoms with Gasteiger partial charge >= 0.3 is 0 Å². The third kappa shape index (κ3) is 4.01. The number of amides is 2. The lowest BCUT2D eigenvalue weighted by Gasteiger charge is -2.34. The quantitative estimate of drug-likeness (QED) is 0.690. The van der Waals surface area contributed by atoms with Crippen LogP contribution in [-0.4, -0.2) is 34.9 Å². The van der Waals surface area contributed by atoms with Gasteiger partial charge in [0.25, 0.3) is 5.91 Å². The maximum Gasteiger partial charge on any atom is 0.271 e. The number of rotatable bonds is 6. The van der Waals surface area contributed by atoms with Gasteiger partial charge in [0.05, 0.1) is 6.20 Å². The van der Waals surface area contributed by atoms with Gasteiger partial charge in [0, 0.05) is 24.7 Å². The van der Waals surface area contributed by atoms with Crippen LogP contribution in [0.25, 0.3) is 0 Å². The summed E-state index contributed by atoms with van der Waals surface area (Å²) < 4.78 is 0. The number of benzene rings is 1. The number of primary amides is 2. The van der Waals surface area contributed by atoms with Crippen LogP contribution in [0, 0.1) is 5.92 Å². The third-order valence-electron chi connectivity index (χ3n) is 5.91. The van der Waals surface area contributed by atoms with Gasteiger partial charge in [0.15, 0.2) is 11.5 Å². The molecule has 2 aliphatic rings. The molecule has 2 atom stereocenters. The minimum absolute atomic E-state index is 0.0811. The maximum atomic E-state index is 11.8. The number of carbonyl (C=O) groups is 2. The van der Waals surface area contributed by atoms with E-state index in [-0.39, 0.29) is 23.4 Å². The zero-order chi connectivity index (χ0) is 20.4. The zero-order valence-corrected chi connectivity index (χ0v) is 16.3. The number of carbonyl (C=O) groups excluding carboxylic acids is 2. The largest absolute Gasteiger partial charge is 0.369 e. The fraction of sp³-hybridized carbons (Fsp3) is 0.429. The van der Waals surface area contributed by atoms with Gasteiger partial charge in [-0.1, -0.05) is 12.1 Å². The van der Waals surface area contributed by atoms with Gasteiger partial charge in [-0.2, -0.15) is 0 Å². The highest BCUT2D eigenvalue weighted by atomic mass is 16.1.